The Labute approximate surface area is 124 Å². The number of hydrogen-bond acceptors (Lipinski definition) is 4. The molecule has 0 aliphatic heterocycles. The van der Waals surface area contributed by atoms with E-state index in [1.165, 1.54) is 12.3 Å². The van der Waals surface area contributed by atoms with Crippen LogP contribution < -0.4 is 10.6 Å². The quantitative estimate of drug-likeness (QED) is 0.633. The van der Waals surface area contributed by atoms with Crippen molar-refractivity contribution in [3.8, 4) is 0 Å². The molecule has 1 rings (SSSR count). The second kappa shape index (κ2) is 8.91. The normalized spacial score (nSPS) is 10.4. The van der Waals surface area contributed by atoms with Gasteiger partial charge in [-0.05, 0) is 38.2 Å². The van der Waals surface area contributed by atoms with Gasteiger partial charge in [0.2, 0.25) is 0 Å². The first-order valence-electron chi connectivity index (χ1n) is 7.04. The van der Waals surface area contributed by atoms with Gasteiger partial charge in [-0.2, -0.15) is 0 Å². The van der Waals surface area contributed by atoms with E-state index in [4.69, 9.17) is 5.11 Å². The summed E-state index contributed by atoms with van der Waals surface area (Å²) in [6.07, 6.45) is 2.21. The highest BCUT2D eigenvalue weighted by Gasteiger charge is 2.12. The number of hydrogen-bond donors (Lipinski definition) is 3. The lowest BCUT2D eigenvalue weighted by Gasteiger charge is -2.17. The highest BCUT2D eigenvalue weighted by Crippen LogP contribution is 2.11. The molecule has 0 atom stereocenters. The van der Waals surface area contributed by atoms with Crippen molar-refractivity contribution in [1.29, 1.82) is 0 Å². The minimum atomic E-state index is -1.17. The predicted molar refractivity (Wildman–Crippen MR) is 80.6 cm³/mol. The SMILES string of the molecule is CCN(CC)CCCNC(=O)Nc1cccnc1C(=O)O. The lowest BCUT2D eigenvalue weighted by molar-refractivity contribution is 0.0691. The summed E-state index contributed by atoms with van der Waals surface area (Å²) in [5.74, 6) is -1.17. The van der Waals surface area contributed by atoms with Crippen molar-refractivity contribution in [1.82, 2.24) is 15.2 Å². The molecule has 1 aromatic heterocycles. The van der Waals surface area contributed by atoms with Crippen LogP contribution in [0.25, 0.3) is 0 Å². The molecule has 1 heterocycles. The molecule has 2 amide bonds. The smallest absolute Gasteiger partial charge is 0.356 e. The van der Waals surface area contributed by atoms with E-state index in [9.17, 15) is 9.59 Å². The topological polar surface area (TPSA) is 94.6 Å². The summed E-state index contributed by atoms with van der Waals surface area (Å²) in [7, 11) is 0. The fourth-order valence-electron chi connectivity index (χ4n) is 1.89. The van der Waals surface area contributed by atoms with Gasteiger partial charge in [-0.1, -0.05) is 13.8 Å². The van der Waals surface area contributed by atoms with Gasteiger partial charge in [0.05, 0.1) is 5.69 Å². The number of carboxylic acids is 1. The van der Waals surface area contributed by atoms with E-state index in [2.05, 4.69) is 34.4 Å². The molecule has 21 heavy (non-hydrogen) atoms. The summed E-state index contributed by atoms with van der Waals surface area (Å²) in [4.78, 5) is 28.7. The Kier molecular flexibility index (Phi) is 7.17. The Morgan fingerprint density at radius 3 is 2.67 bits per heavy atom. The molecule has 0 saturated carbocycles. The Morgan fingerprint density at radius 2 is 2.05 bits per heavy atom. The third kappa shape index (κ3) is 5.78. The number of nitrogens with zero attached hydrogens (tertiary/aromatic N) is 2. The first kappa shape index (κ1) is 16.9. The van der Waals surface area contributed by atoms with Crippen molar-refractivity contribution < 1.29 is 14.7 Å². The van der Waals surface area contributed by atoms with Crippen LogP contribution in [0, 0.1) is 0 Å². The van der Waals surface area contributed by atoms with Gasteiger partial charge in [-0.25, -0.2) is 14.6 Å². The summed E-state index contributed by atoms with van der Waals surface area (Å²) in [5.41, 5.74) is 0.0158. The van der Waals surface area contributed by atoms with Crippen LogP contribution in [0.15, 0.2) is 18.3 Å². The van der Waals surface area contributed by atoms with Crippen molar-refractivity contribution >= 4 is 17.7 Å². The molecule has 0 bridgehead atoms. The number of aromatic nitrogens is 1. The molecule has 7 nitrogen and oxygen atoms in total. The van der Waals surface area contributed by atoms with E-state index in [-0.39, 0.29) is 11.4 Å². The van der Waals surface area contributed by atoms with E-state index >= 15 is 0 Å². The predicted octanol–water partition coefficient (Wildman–Crippen LogP) is 1.63. The number of carbonyl (C=O) groups is 2. The highest BCUT2D eigenvalue weighted by atomic mass is 16.4. The highest BCUT2D eigenvalue weighted by molar-refractivity contribution is 5.98. The standard InChI is InChI=1S/C14H22N4O3/c1-3-18(4-2)10-6-9-16-14(21)17-11-7-5-8-15-12(11)13(19)20/h5,7-8H,3-4,6,9-10H2,1-2H3,(H,19,20)(H2,16,17,21). The van der Waals surface area contributed by atoms with Gasteiger partial charge >= 0.3 is 12.0 Å². The largest absolute Gasteiger partial charge is 0.476 e. The van der Waals surface area contributed by atoms with Crippen LogP contribution in [0.1, 0.15) is 30.8 Å². The zero-order valence-electron chi connectivity index (χ0n) is 12.4. The summed E-state index contributed by atoms with van der Waals surface area (Å²) >= 11 is 0. The second-order valence-electron chi connectivity index (χ2n) is 4.47. The zero-order valence-corrected chi connectivity index (χ0v) is 12.4. The van der Waals surface area contributed by atoms with Gasteiger partial charge in [0, 0.05) is 12.7 Å². The van der Waals surface area contributed by atoms with Crippen LogP contribution in [0.2, 0.25) is 0 Å². The Bertz CT molecular complexity index is 475. The van der Waals surface area contributed by atoms with Crippen LogP contribution in [0.3, 0.4) is 0 Å². The van der Waals surface area contributed by atoms with E-state index in [0.29, 0.717) is 6.54 Å². The van der Waals surface area contributed by atoms with E-state index < -0.39 is 12.0 Å². The molecule has 0 radical (unpaired) electrons. The van der Waals surface area contributed by atoms with Crippen LogP contribution in [0.5, 0.6) is 0 Å². The van der Waals surface area contributed by atoms with E-state index in [1.807, 2.05) is 0 Å². The number of anilines is 1. The number of carbonyl (C=O) groups excluding carboxylic acids is 1. The third-order valence-electron chi connectivity index (χ3n) is 3.09. The minimum Gasteiger partial charge on any atom is -0.476 e. The molecule has 3 N–H and O–H groups in total. The fourth-order valence-corrected chi connectivity index (χ4v) is 1.89. The van der Waals surface area contributed by atoms with Crippen LogP contribution in [0.4, 0.5) is 10.5 Å². The van der Waals surface area contributed by atoms with Gasteiger partial charge < -0.3 is 20.6 Å². The molecule has 116 valence electrons. The first-order chi connectivity index (χ1) is 10.1. The van der Waals surface area contributed by atoms with Crippen molar-refractivity contribution in [2.45, 2.75) is 20.3 Å². The number of urea groups is 1. The molecule has 1 aromatic rings. The molecule has 0 aliphatic carbocycles. The third-order valence-corrected chi connectivity index (χ3v) is 3.09. The van der Waals surface area contributed by atoms with E-state index in [1.54, 1.807) is 6.07 Å². The second-order valence-corrected chi connectivity index (χ2v) is 4.47. The Hall–Kier alpha value is -2.15. The molecule has 0 aliphatic rings. The molecule has 0 aromatic carbocycles. The molecular formula is C14H22N4O3. The number of nitrogens with one attached hydrogen (secondary N) is 2. The average Bonchev–Trinajstić information content (AvgIpc) is 2.47. The van der Waals surface area contributed by atoms with Crippen LogP contribution in [-0.4, -0.2) is 53.2 Å². The number of pyridine rings is 1. The number of rotatable bonds is 8. The van der Waals surface area contributed by atoms with Crippen molar-refractivity contribution in [2.24, 2.45) is 0 Å². The molecule has 0 unspecified atom stereocenters. The maximum Gasteiger partial charge on any atom is 0.356 e. The van der Waals surface area contributed by atoms with Crippen LogP contribution in [-0.2, 0) is 0 Å². The van der Waals surface area contributed by atoms with Gasteiger partial charge in [0.25, 0.3) is 0 Å². The molecule has 0 saturated heterocycles. The molecule has 0 fully saturated rings. The lowest BCUT2D eigenvalue weighted by atomic mass is 10.3. The molecular weight excluding hydrogens is 272 g/mol. The number of amides is 2. The van der Waals surface area contributed by atoms with Crippen molar-refractivity contribution in [3.63, 3.8) is 0 Å². The number of carboxylic acid groups (broad SMARTS) is 1. The Morgan fingerprint density at radius 1 is 1.33 bits per heavy atom. The fraction of sp³-hybridized carbons (Fsp3) is 0.500. The lowest BCUT2D eigenvalue weighted by Crippen LogP contribution is -2.33. The summed E-state index contributed by atoms with van der Waals surface area (Å²) in [5, 5.41) is 14.2. The summed E-state index contributed by atoms with van der Waals surface area (Å²) in [6.45, 7) is 7.62. The molecule has 7 heteroatoms. The summed E-state index contributed by atoms with van der Waals surface area (Å²) < 4.78 is 0. The average molecular weight is 294 g/mol. The molecule has 0 spiro atoms. The number of aromatic carboxylic acids is 1. The van der Waals surface area contributed by atoms with Gasteiger partial charge in [-0.15, -0.1) is 0 Å². The van der Waals surface area contributed by atoms with Crippen molar-refractivity contribution in [3.05, 3.63) is 24.0 Å². The maximum atomic E-state index is 11.7. The van der Waals surface area contributed by atoms with Gasteiger partial charge in [-0.3, -0.25) is 0 Å². The van der Waals surface area contributed by atoms with Gasteiger partial charge in [0.1, 0.15) is 0 Å². The first-order valence-corrected chi connectivity index (χ1v) is 7.04. The minimum absolute atomic E-state index is 0.171. The zero-order chi connectivity index (χ0) is 15.7. The Balaban J connectivity index is 2.39. The van der Waals surface area contributed by atoms with Gasteiger partial charge in [0.15, 0.2) is 5.69 Å². The maximum absolute atomic E-state index is 11.7. The van der Waals surface area contributed by atoms with Crippen LogP contribution >= 0.6 is 0 Å². The van der Waals surface area contributed by atoms with Crippen molar-refractivity contribution in [2.75, 3.05) is 31.5 Å². The summed E-state index contributed by atoms with van der Waals surface area (Å²) in [6, 6.07) is 2.65. The monoisotopic (exact) mass is 294 g/mol. The van der Waals surface area contributed by atoms with E-state index in [0.717, 1.165) is 26.1 Å².